The number of rotatable bonds is 7. The van der Waals surface area contributed by atoms with Gasteiger partial charge in [-0.2, -0.15) is 0 Å². The van der Waals surface area contributed by atoms with Crippen LogP contribution in [0.4, 0.5) is 0 Å². The van der Waals surface area contributed by atoms with Gasteiger partial charge in [0.25, 0.3) is 0 Å². The Hall–Kier alpha value is -0.830. The Morgan fingerprint density at radius 1 is 1.47 bits per heavy atom. The second-order valence-electron chi connectivity index (χ2n) is 3.78. The van der Waals surface area contributed by atoms with Crippen molar-refractivity contribution < 1.29 is 5.11 Å². The minimum Gasteiger partial charge on any atom is -0.395 e. The topological polar surface area (TPSA) is 35.8 Å². The van der Waals surface area contributed by atoms with E-state index in [1.807, 2.05) is 0 Å². The van der Waals surface area contributed by atoms with Crippen LogP contribution in [0.1, 0.15) is 32.6 Å². The van der Waals surface area contributed by atoms with E-state index in [1.165, 1.54) is 5.84 Å². The van der Waals surface area contributed by atoms with Crippen molar-refractivity contribution in [2.24, 2.45) is 4.99 Å². The summed E-state index contributed by atoms with van der Waals surface area (Å²) in [6.45, 7) is 5.01. The molecule has 0 radical (unpaired) electrons. The van der Waals surface area contributed by atoms with E-state index in [9.17, 15) is 0 Å². The quantitative estimate of drug-likeness (QED) is 0.514. The number of aliphatic hydroxyl groups is 1. The molecule has 0 amide bonds. The lowest BCUT2D eigenvalue weighted by atomic mass is 10.2. The number of amidine groups is 1. The second kappa shape index (κ2) is 7.46. The summed E-state index contributed by atoms with van der Waals surface area (Å²) in [5.41, 5.74) is 0. The van der Waals surface area contributed by atoms with Crippen molar-refractivity contribution in [3.05, 3.63) is 12.2 Å². The molecule has 0 fully saturated rings. The first-order valence-corrected chi connectivity index (χ1v) is 5.92. The van der Waals surface area contributed by atoms with Crippen LogP contribution >= 0.6 is 0 Å². The zero-order chi connectivity index (χ0) is 10.9. The molecule has 0 aromatic heterocycles. The fraction of sp³-hybridized carbons (Fsp3) is 0.750. The molecule has 1 aliphatic heterocycles. The Kier molecular flexibility index (Phi) is 6.09. The molecule has 1 heterocycles. The summed E-state index contributed by atoms with van der Waals surface area (Å²) in [5.74, 6) is 1.19. The molecule has 0 saturated carbocycles. The van der Waals surface area contributed by atoms with Gasteiger partial charge < -0.3 is 10.0 Å². The van der Waals surface area contributed by atoms with E-state index in [1.54, 1.807) is 0 Å². The molecular weight excluding hydrogens is 188 g/mol. The molecule has 0 spiro atoms. The van der Waals surface area contributed by atoms with Gasteiger partial charge in [-0.15, -0.1) is 0 Å². The molecule has 1 aliphatic rings. The molecule has 3 heteroatoms. The minimum absolute atomic E-state index is 0.231. The molecule has 0 aromatic rings. The van der Waals surface area contributed by atoms with Crippen LogP contribution in [0, 0.1) is 0 Å². The summed E-state index contributed by atoms with van der Waals surface area (Å²) in [5, 5.41) is 8.88. The third-order valence-electron chi connectivity index (χ3n) is 2.57. The normalized spacial score (nSPS) is 16.4. The van der Waals surface area contributed by atoms with Crippen molar-refractivity contribution in [1.82, 2.24) is 4.90 Å². The first-order valence-electron chi connectivity index (χ1n) is 5.92. The van der Waals surface area contributed by atoms with Gasteiger partial charge in [0.2, 0.25) is 0 Å². The molecule has 0 aliphatic carbocycles. The minimum atomic E-state index is 0.231. The van der Waals surface area contributed by atoms with Gasteiger partial charge in [-0.3, -0.25) is 4.99 Å². The van der Waals surface area contributed by atoms with Gasteiger partial charge in [0.05, 0.1) is 19.0 Å². The van der Waals surface area contributed by atoms with Crippen LogP contribution in [0.25, 0.3) is 0 Å². The molecule has 1 N–H and O–H groups in total. The molecule has 3 nitrogen and oxygen atoms in total. The predicted octanol–water partition coefficient (Wildman–Crippen LogP) is 1.83. The van der Waals surface area contributed by atoms with Crippen LogP contribution in [0.5, 0.6) is 0 Å². The highest BCUT2D eigenvalue weighted by atomic mass is 16.3. The van der Waals surface area contributed by atoms with Gasteiger partial charge >= 0.3 is 0 Å². The largest absolute Gasteiger partial charge is 0.395 e. The van der Waals surface area contributed by atoms with Gasteiger partial charge in [-0.25, -0.2) is 0 Å². The summed E-state index contributed by atoms with van der Waals surface area (Å²) < 4.78 is 0. The van der Waals surface area contributed by atoms with Crippen LogP contribution in [0.3, 0.4) is 0 Å². The van der Waals surface area contributed by atoms with E-state index >= 15 is 0 Å². The van der Waals surface area contributed by atoms with E-state index in [0.29, 0.717) is 0 Å². The number of unbranched alkanes of at least 4 members (excludes halogenated alkanes) is 1. The van der Waals surface area contributed by atoms with Crippen molar-refractivity contribution >= 4 is 5.84 Å². The first kappa shape index (κ1) is 12.2. The average Bonchev–Trinajstić information content (AvgIpc) is 2.66. The smallest absolute Gasteiger partial charge is 0.0991 e. The SMILES string of the molecule is CC/C=C/CCCC1=NCCN1CCO. The summed E-state index contributed by atoms with van der Waals surface area (Å²) in [6.07, 6.45) is 8.93. The van der Waals surface area contributed by atoms with Crippen molar-refractivity contribution in [2.75, 3.05) is 26.2 Å². The van der Waals surface area contributed by atoms with Crippen LogP contribution in [-0.4, -0.2) is 42.1 Å². The summed E-state index contributed by atoms with van der Waals surface area (Å²) in [4.78, 5) is 6.66. The van der Waals surface area contributed by atoms with Crippen molar-refractivity contribution in [3.63, 3.8) is 0 Å². The van der Waals surface area contributed by atoms with Crippen molar-refractivity contribution in [3.8, 4) is 0 Å². The second-order valence-corrected chi connectivity index (χ2v) is 3.78. The standard InChI is InChI=1S/C12H22N2O/c1-2-3-4-5-6-7-12-13-8-9-14(12)10-11-15/h3-4,15H,2,5-11H2,1H3/b4-3+. The van der Waals surface area contributed by atoms with Crippen LogP contribution < -0.4 is 0 Å². The van der Waals surface area contributed by atoms with E-state index in [2.05, 4.69) is 29.0 Å². The third kappa shape index (κ3) is 4.47. The van der Waals surface area contributed by atoms with E-state index in [4.69, 9.17) is 5.11 Å². The van der Waals surface area contributed by atoms with Crippen molar-refractivity contribution in [1.29, 1.82) is 0 Å². The number of nitrogens with zero attached hydrogens (tertiary/aromatic N) is 2. The third-order valence-corrected chi connectivity index (χ3v) is 2.57. The van der Waals surface area contributed by atoms with E-state index < -0.39 is 0 Å². The van der Waals surface area contributed by atoms with Gasteiger partial charge in [-0.05, 0) is 19.3 Å². The average molecular weight is 210 g/mol. The number of aliphatic imine (C=N–C) groups is 1. The zero-order valence-electron chi connectivity index (χ0n) is 9.65. The fourth-order valence-electron chi connectivity index (χ4n) is 1.79. The summed E-state index contributed by atoms with van der Waals surface area (Å²) in [7, 11) is 0. The summed E-state index contributed by atoms with van der Waals surface area (Å²) >= 11 is 0. The monoisotopic (exact) mass is 210 g/mol. The van der Waals surface area contributed by atoms with Gasteiger partial charge in [-0.1, -0.05) is 19.1 Å². The lowest BCUT2D eigenvalue weighted by molar-refractivity contribution is 0.255. The maximum Gasteiger partial charge on any atom is 0.0991 e. The number of aliphatic hydroxyl groups excluding tert-OH is 1. The van der Waals surface area contributed by atoms with E-state index in [0.717, 1.165) is 45.3 Å². The molecule has 0 saturated heterocycles. The van der Waals surface area contributed by atoms with Gasteiger partial charge in [0, 0.05) is 19.5 Å². The lowest BCUT2D eigenvalue weighted by Crippen LogP contribution is -2.30. The molecule has 0 bridgehead atoms. The highest BCUT2D eigenvalue weighted by Crippen LogP contribution is 2.08. The maximum absolute atomic E-state index is 8.88. The van der Waals surface area contributed by atoms with Gasteiger partial charge in [0.15, 0.2) is 0 Å². The highest BCUT2D eigenvalue weighted by molar-refractivity contribution is 5.83. The Morgan fingerprint density at radius 3 is 3.07 bits per heavy atom. The Bertz CT molecular complexity index is 224. The molecule has 0 atom stereocenters. The lowest BCUT2D eigenvalue weighted by Gasteiger charge is -2.18. The maximum atomic E-state index is 8.88. The summed E-state index contributed by atoms with van der Waals surface area (Å²) in [6, 6.07) is 0. The Labute approximate surface area is 92.5 Å². The van der Waals surface area contributed by atoms with Crippen LogP contribution in [-0.2, 0) is 0 Å². The zero-order valence-corrected chi connectivity index (χ0v) is 9.65. The number of allylic oxidation sites excluding steroid dienone is 2. The fourth-order valence-corrected chi connectivity index (χ4v) is 1.79. The number of β-amino-alcohol motifs (C(OH)–C–C–N with tert-alkyl or cyclic N) is 1. The number of hydrogen-bond donors (Lipinski definition) is 1. The predicted molar refractivity (Wildman–Crippen MR) is 64.2 cm³/mol. The van der Waals surface area contributed by atoms with Gasteiger partial charge in [0.1, 0.15) is 0 Å². The number of hydrogen-bond acceptors (Lipinski definition) is 3. The Morgan fingerprint density at radius 2 is 2.33 bits per heavy atom. The van der Waals surface area contributed by atoms with Crippen molar-refractivity contribution in [2.45, 2.75) is 32.6 Å². The molecule has 15 heavy (non-hydrogen) atoms. The van der Waals surface area contributed by atoms with Crippen LogP contribution in [0.15, 0.2) is 17.1 Å². The molecule has 0 aromatic carbocycles. The van der Waals surface area contributed by atoms with E-state index in [-0.39, 0.29) is 6.61 Å². The highest BCUT2D eigenvalue weighted by Gasteiger charge is 2.14. The molecule has 0 unspecified atom stereocenters. The first-order chi connectivity index (χ1) is 7.38. The molecule has 86 valence electrons. The molecule has 1 rings (SSSR count). The van der Waals surface area contributed by atoms with Crippen LogP contribution in [0.2, 0.25) is 0 Å². The Balaban J connectivity index is 2.17. The molecular formula is C12H22N2O.